The molecular formula is C8H8Cu2O2. The molecule has 0 atom stereocenters. The monoisotopic (exact) mass is 262 g/mol. The van der Waals surface area contributed by atoms with Crippen LogP contribution in [0.15, 0.2) is 24.3 Å². The fourth-order valence-electron chi connectivity index (χ4n) is 0.404. The van der Waals surface area contributed by atoms with E-state index < -0.39 is 5.97 Å². The minimum atomic E-state index is -0.833. The Morgan fingerprint density at radius 3 is 1.50 bits per heavy atom. The maximum absolute atomic E-state index is 9.00. The number of benzene rings is 1. The molecule has 1 rings (SSSR count). The van der Waals surface area contributed by atoms with Crippen molar-refractivity contribution in [3.8, 4) is 0 Å². The van der Waals surface area contributed by atoms with Crippen LogP contribution in [0.4, 0.5) is 0 Å². The van der Waals surface area contributed by atoms with E-state index in [0.29, 0.717) is 0 Å². The molecular weight excluding hydrogens is 255 g/mol. The second-order valence-electron chi connectivity index (χ2n) is 1.87. The Morgan fingerprint density at radius 1 is 1.17 bits per heavy atom. The molecule has 2 nitrogen and oxygen atoms in total. The van der Waals surface area contributed by atoms with E-state index in [2.05, 4.69) is 0 Å². The standard InChI is InChI=1S/C6H4.C2H4O2.2Cu/c1-2-4-6-5-3-1;1-2(3)4;;/h1-2,5-6H;1H3,(H,3,4);;. The van der Waals surface area contributed by atoms with E-state index in [1.807, 2.05) is 24.3 Å². The number of hydrogen-bond donors (Lipinski definition) is 1. The summed E-state index contributed by atoms with van der Waals surface area (Å²) in [7, 11) is 0. The molecule has 0 aliphatic carbocycles. The first-order valence-corrected chi connectivity index (χ1v) is 3.99. The molecule has 0 saturated heterocycles. The summed E-state index contributed by atoms with van der Waals surface area (Å²) in [4.78, 5) is 9.00. The van der Waals surface area contributed by atoms with Crippen LogP contribution in [0.2, 0.25) is 0 Å². The van der Waals surface area contributed by atoms with Gasteiger partial charge in [0.25, 0.3) is 5.97 Å². The first-order chi connectivity index (χ1) is 5.52. The molecule has 0 aromatic heterocycles. The number of rotatable bonds is 0. The molecule has 0 amide bonds. The Labute approximate surface area is 88.0 Å². The normalized spacial score (nSPS) is 8.42. The first kappa shape index (κ1) is 11.7. The molecule has 74 valence electrons. The Kier molecular flexibility index (Phi) is 6.13. The van der Waals surface area contributed by atoms with Crippen molar-refractivity contribution in [1.82, 2.24) is 0 Å². The van der Waals surface area contributed by atoms with Gasteiger partial charge in [-0.15, -0.1) is 0 Å². The minimum absolute atomic E-state index is 0.822. The second kappa shape index (κ2) is 6.27. The van der Waals surface area contributed by atoms with Crippen molar-refractivity contribution in [2.75, 3.05) is 0 Å². The van der Waals surface area contributed by atoms with Crippen molar-refractivity contribution in [2.45, 2.75) is 6.92 Å². The molecule has 0 fully saturated rings. The summed E-state index contributed by atoms with van der Waals surface area (Å²) in [6.45, 7) is 1.08. The van der Waals surface area contributed by atoms with Gasteiger partial charge in [0, 0.05) is 6.92 Å². The van der Waals surface area contributed by atoms with Crippen LogP contribution in [0.5, 0.6) is 0 Å². The van der Waals surface area contributed by atoms with Gasteiger partial charge in [0.05, 0.1) is 0 Å². The van der Waals surface area contributed by atoms with Crippen LogP contribution < -0.4 is 8.92 Å². The van der Waals surface area contributed by atoms with Gasteiger partial charge in [-0.25, -0.2) is 0 Å². The maximum atomic E-state index is 9.00. The van der Waals surface area contributed by atoms with Crippen LogP contribution in [0.1, 0.15) is 6.92 Å². The summed E-state index contributed by atoms with van der Waals surface area (Å²) in [6.07, 6.45) is 0. The van der Waals surface area contributed by atoms with E-state index in [-0.39, 0.29) is 0 Å². The van der Waals surface area contributed by atoms with Crippen LogP contribution in [0.25, 0.3) is 0 Å². The predicted molar refractivity (Wildman–Crippen MR) is 39.0 cm³/mol. The van der Waals surface area contributed by atoms with Crippen molar-refractivity contribution in [2.24, 2.45) is 0 Å². The molecule has 1 aromatic carbocycles. The van der Waals surface area contributed by atoms with Crippen molar-refractivity contribution in [3.05, 3.63) is 24.3 Å². The van der Waals surface area contributed by atoms with Gasteiger partial charge in [-0.3, -0.25) is 4.79 Å². The summed E-state index contributed by atoms with van der Waals surface area (Å²) in [6, 6.07) is 7.27. The average Bonchev–Trinajstić information content (AvgIpc) is 1.94. The van der Waals surface area contributed by atoms with Gasteiger partial charge in [0.15, 0.2) is 0 Å². The van der Waals surface area contributed by atoms with Gasteiger partial charge >= 0.3 is 65.2 Å². The topological polar surface area (TPSA) is 37.3 Å². The van der Waals surface area contributed by atoms with E-state index >= 15 is 0 Å². The Hall–Kier alpha value is -0.271. The van der Waals surface area contributed by atoms with E-state index in [1.165, 1.54) is 0 Å². The molecule has 0 radical (unpaired) electrons. The fourth-order valence-corrected chi connectivity index (χ4v) is 0.718. The van der Waals surface area contributed by atoms with Crippen LogP contribution >= 0.6 is 0 Å². The molecule has 0 bridgehead atoms. The van der Waals surface area contributed by atoms with Crippen LogP contribution in [0.3, 0.4) is 0 Å². The molecule has 0 unspecified atom stereocenters. The molecule has 4 heteroatoms. The predicted octanol–water partition coefficient (Wildman–Crippen LogP) is 0.122. The van der Waals surface area contributed by atoms with Crippen molar-refractivity contribution < 1.29 is 41.9 Å². The summed E-state index contributed by atoms with van der Waals surface area (Å²) < 4.78 is 1.64. The van der Waals surface area contributed by atoms with Gasteiger partial charge < -0.3 is 5.11 Å². The van der Waals surface area contributed by atoms with Gasteiger partial charge in [-0.05, 0) is 0 Å². The van der Waals surface area contributed by atoms with E-state index in [0.717, 1.165) is 15.8 Å². The van der Waals surface area contributed by atoms with Crippen LogP contribution in [0, 0.1) is 0 Å². The number of carboxylic acids is 1. The average molecular weight is 263 g/mol. The SMILES string of the molecule is CC(=O)O.[Cu][c]1cc[c]([Cu])cc1. The zero-order valence-corrected chi connectivity index (χ0v) is 8.15. The molecule has 1 aromatic rings. The van der Waals surface area contributed by atoms with Gasteiger partial charge in [0.1, 0.15) is 0 Å². The summed E-state index contributed by atoms with van der Waals surface area (Å²) in [5.74, 6) is -0.833. The molecule has 0 aliphatic heterocycles. The summed E-state index contributed by atoms with van der Waals surface area (Å²) in [5, 5.41) is 7.42. The third kappa shape index (κ3) is 7.83. The number of carbonyl (C=O) groups is 1. The fraction of sp³-hybridized carbons (Fsp3) is 0.125. The van der Waals surface area contributed by atoms with Gasteiger partial charge in [0.2, 0.25) is 0 Å². The summed E-state index contributed by atoms with van der Waals surface area (Å²) >= 11 is 9.92. The molecule has 12 heavy (non-hydrogen) atoms. The van der Waals surface area contributed by atoms with Crippen molar-refractivity contribution >= 4 is 14.9 Å². The third-order valence-corrected chi connectivity index (χ3v) is 1.38. The van der Waals surface area contributed by atoms with Crippen molar-refractivity contribution in [1.29, 1.82) is 0 Å². The number of carboxylic acid groups (broad SMARTS) is 1. The Morgan fingerprint density at radius 2 is 1.33 bits per heavy atom. The van der Waals surface area contributed by atoms with Crippen LogP contribution in [-0.2, 0) is 36.8 Å². The third-order valence-electron chi connectivity index (χ3n) is 0.753. The van der Waals surface area contributed by atoms with Gasteiger partial charge in [-0.2, -0.15) is 0 Å². The van der Waals surface area contributed by atoms with E-state index in [9.17, 15) is 0 Å². The summed E-state index contributed by atoms with van der Waals surface area (Å²) in [5.41, 5.74) is 0. The molecule has 0 heterocycles. The number of hydrogen-bond acceptors (Lipinski definition) is 1. The number of aliphatic carboxylic acids is 1. The van der Waals surface area contributed by atoms with E-state index in [1.54, 1.807) is 0 Å². The van der Waals surface area contributed by atoms with Crippen LogP contribution in [-0.4, -0.2) is 11.1 Å². The van der Waals surface area contributed by atoms with Crippen molar-refractivity contribution in [3.63, 3.8) is 0 Å². The zero-order chi connectivity index (χ0) is 9.56. The van der Waals surface area contributed by atoms with Gasteiger partial charge in [-0.1, -0.05) is 0 Å². The molecule has 1 N–H and O–H groups in total. The molecule has 0 spiro atoms. The molecule has 0 saturated carbocycles. The molecule has 0 aliphatic rings. The Balaban J connectivity index is 0.000000261. The zero-order valence-electron chi connectivity index (χ0n) is 6.27. The van der Waals surface area contributed by atoms with E-state index in [4.69, 9.17) is 41.9 Å². The first-order valence-electron chi connectivity index (χ1n) is 3.05. The second-order valence-corrected chi connectivity index (χ2v) is 2.95. The Bertz CT molecular complexity index is 219. The quantitative estimate of drug-likeness (QED) is 0.675.